The van der Waals surface area contributed by atoms with Gasteiger partial charge >= 0.3 is 0 Å². The fourth-order valence-electron chi connectivity index (χ4n) is 3.94. The molecule has 2 N–H and O–H groups in total. The fourth-order valence-corrected chi connectivity index (χ4v) is 3.94. The van der Waals surface area contributed by atoms with E-state index in [0.29, 0.717) is 6.61 Å². The number of rotatable bonds is 11. The van der Waals surface area contributed by atoms with Gasteiger partial charge in [-0.05, 0) is 46.0 Å². The van der Waals surface area contributed by atoms with Crippen LogP contribution in [0.2, 0.25) is 0 Å². The number of hydrogen-bond acceptors (Lipinski definition) is 8. The smallest absolute Gasteiger partial charge is 0.190 e. The average Bonchev–Trinajstić information content (AvgIpc) is 3.16. The van der Waals surface area contributed by atoms with Gasteiger partial charge in [-0.2, -0.15) is 0 Å². The van der Waals surface area contributed by atoms with Crippen LogP contribution in [0.3, 0.4) is 0 Å². The minimum absolute atomic E-state index is 0.0137. The van der Waals surface area contributed by atoms with Crippen LogP contribution in [0.15, 0.2) is 0 Å². The van der Waals surface area contributed by atoms with Crippen molar-refractivity contribution in [2.75, 3.05) is 26.4 Å². The molecule has 0 amide bonds. The highest BCUT2D eigenvalue weighted by atomic mass is 16.8. The largest absolute Gasteiger partial charge is 0.394 e. The average molecular weight is 405 g/mol. The molecule has 0 spiro atoms. The van der Waals surface area contributed by atoms with Gasteiger partial charge in [-0.15, -0.1) is 0 Å². The second-order valence-corrected chi connectivity index (χ2v) is 8.24. The maximum Gasteiger partial charge on any atom is 0.190 e. The van der Waals surface area contributed by atoms with Crippen molar-refractivity contribution < 1.29 is 38.6 Å². The quantitative estimate of drug-likeness (QED) is 0.503. The van der Waals surface area contributed by atoms with Crippen LogP contribution in [0.4, 0.5) is 0 Å². The first-order chi connectivity index (χ1) is 13.5. The molecule has 0 saturated carbocycles. The number of hydrogen-bond donors (Lipinski definition) is 2. The van der Waals surface area contributed by atoms with Crippen LogP contribution in [0.5, 0.6) is 0 Å². The molecule has 164 valence electrons. The Morgan fingerprint density at radius 2 is 1.79 bits per heavy atom. The first-order valence-electron chi connectivity index (χ1n) is 10.6. The van der Waals surface area contributed by atoms with E-state index in [1.807, 2.05) is 13.8 Å². The van der Waals surface area contributed by atoms with Gasteiger partial charge in [0.05, 0.1) is 6.61 Å². The van der Waals surface area contributed by atoms with Crippen molar-refractivity contribution in [2.24, 2.45) is 0 Å². The third-order valence-electron chi connectivity index (χ3n) is 5.38. The zero-order valence-corrected chi connectivity index (χ0v) is 17.1. The third kappa shape index (κ3) is 6.09. The van der Waals surface area contributed by atoms with Gasteiger partial charge in [0.25, 0.3) is 0 Å². The maximum absolute atomic E-state index is 10.0. The molecule has 0 aliphatic carbocycles. The Bertz CT molecular complexity index is 453. The second kappa shape index (κ2) is 10.6. The van der Waals surface area contributed by atoms with Gasteiger partial charge in [0.15, 0.2) is 18.4 Å². The van der Waals surface area contributed by atoms with Gasteiger partial charge in [-0.25, -0.2) is 0 Å². The van der Waals surface area contributed by atoms with Crippen molar-refractivity contribution >= 4 is 0 Å². The minimum Gasteiger partial charge on any atom is -0.394 e. The Labute approximate surface area is 167 Å². The molecule has 3 saturated heterocycles. The van der Waals surface area contributed by atoms with Crippen molar-refractivity contribution in [3.05, 3.63) is 0 Å². The lowest BCUT2D eigenvalue weighted by Crippen LogP contribution is -2.44. The van der Waals surface area contributed by atoms with Crippen molar-refractivity contribution in [2.45, 2.75) is 102 Å². The number of unbranched alkanes of at least 4 members (excludes halogenated alkanes) is 3. The molecule has 3 fully saturated rings. The summed E-state index contributed by atoms with van der Waals surface area (Å²) in [5, 5.41) is 19.3. The van der Waals surface area contributed by atoms with E-state index < -0.39 is 43.1 Å². The summed E-state index contributed by atoms with van der Waals surface area (Å²) in [5.74, 6) is -0.742. The van der Waals surface area contributed by atoms with Gasteiger partial charge in [0.1, 0.15) is 24.4 Å². The Morgan fingerprint density at radius 1 is 1.04 bits per heavy atom. The third-order valence-corrected chi connectivity index (χ3v) is 5.38. The molecular weight excluding hydrogens is 368 g/mol. The van der Waals surface area contributed by atoms with E-state index in [4.69, 9.17) is 28.4 Å². The number of aliphatic hydroxyl groups excluding tert-OH is 2. The second-order valence-electron chi connectivity index (χ2n) is 8.24. The zero-order valence-electron chi connectivity index (χ0n) is 17.1. The predicted molar refractivity (Wildman–Crippen MR) is 99.5 cm³/mol. The van der Waals surface area contributed by atoms with Gasteiger partial charge in [0, 0.05) is 19.8 Å². The molecule has 0 aromatic heterocycles. The van der Waals surface area contributed by atoms with Crippen LogP contribution < -0.4 is 0 Å². The molecule has 0 aromatic carbocycles. The standard InChI is InChI=1S/C20H36O8/c1-20(2)27-18-17(16(14(22)13-21)26-19(18)28-20)25-12-7-4-3-6-10-23-15-9-5-8-11-24-15/h14-19,21-22H,3-13H2,1-2H3. The summed E-state index contributed by atoms with van der Waals surface area (Å²) in [6.07, 6.45) is 4.22. The summed E-state index contributed by atoms with van der Waals surface area (Å²) in [7, 11) is 0. The summed E-state index contributed by atoms with van der Waals surface area (Å²) in [5.41, 5.74) is 0. The first-order valence-corrected chi connectivity index (χ1v) is 10.6. The molecule has 28 heavy (non-hydrogen) atoms. The van der Waals surface area contributed by atoms with Crippen molar-refractivity contribution in [3.63, 3.8) is 0 Å². The highest BCUT2D eigenvalue weighted by molar-refractivity contribution is 4.96. The highest BCUT2D eigenvalue weighted by Gasteiger charge is 2.56. The van der Waals surface area contributed by atoms with Gasteiger partial charge in [-0.1, -0.05) is 12.8 Å². The summed E-state index contributed by atoms with van der Waals surface area (Å²) in [4.78, 5) is 0. The predicted octanol–water partition coefficient (Wildman–Crippen LogP) is 1.70. The molecule has 6 unspecified atom stereocenters. The van der Waals surface area contributed by atoms with Crippen LogP contribution in [0.1, 0.15) is 58.8 Å². The molecule has 6 atom stereocenters. The number of ether oxygens (including phenoxy) is 6. The lowest BCUT2D eigenvalue weighted by molar-refractivity contribution is -0.231. The molecule has 8 heteroatoms. The van der Waals surface area contributed by atoms with E-state index >= 15 is 0 Å². The van der Waals surface area contributed by atoms with E-state index in [1.54, 1.807) is 0 Å². The van der Waals surface area contributed by atoms with E-state index in [0.717, 1.165) is 51.7 Å². The Morgan fingerprint density at radius 3 is 2.46 bits per heavy atom. The Hall–Kier alpha value is -0.320. The minimum atomic E-state index is -1.02. The molecule has 0 bridgehead atoms. The van der Waals surface area contributed by atoms with Crippen LogP contribution in [0, 0.1) is 0 Å². The fraction of sp³-hybridized carbons (Fsp3) is 1.00. The van der Waals surface area contributed by atoms with E-state index in [9.17, 15) is 10.2 Å². The summed E-state index contributed by atoms with van der Waals surface area (Å²) in [6.45, 7) is 5.34. The number of aliphatic hydroxyl groups is 2. The van der Waals surface area contributed by atoms with Gasteiger partial charge in [0.2, 0.25) is 0 Å². The monoisotopic (exact) mass is 404 g/mol. The maximum atomic E-state index is 10.0. The Balaban J connectivity index is 1.31. The lowest BCUT2D eigenvalue weighted by atomic mass is 10.1. The van der Waals surface area contributed by atoms with Gasteiger partial charge in [-0.3, -0.25) is 0 Å². The van der Waals surface area contributed by atoms with E-state index in [2.05, 4.69) is 0 Å². The van der Waals surface area contributed by atoms with Gasteiger partial charge < -0.3 is 38.6 Å². The van der Waals surface area contributed by atoms with Crippen LogP contribution in [-0.2, 0) is 28.4 Å². The van der Waals surface area contributed by atoms with E-state index in [1.165, 1.54) is 6.42 Å². The molecule has 0 aromatic rings. The van der Waals surface area contributed by atoms with Crippen molar-refractivity contribution in [1.82, 2.24) is 0 Å². The van der Waals surface area contributed by atoms with Crippen molar-refractivity contribution in [1.29, 1.82) is 0 Å². The summed E-state index contributed by atoms with van der Waals surface area (Å²) >= 11 is 0. The molecule has 3 heterocycles. The SMILES string of the molecule is CC1(C)OC2OC(C(O)CO)C(OCCCCCCOC3CCCCO3)C2O1. The zero-order chi connectivity index (χ0) is 20.0. The topological polar surface area (TPSA) is 95.8 Å². The first kappa shape index (κ1) is 22.4. The molecule has 3 rings (SSSR count). The van der Waals surface area contributed by atoms with Crippen molar-refractivity contribution in [3.8, 4) is 0 Å². The van der Waals surface area contributed by atoms with Crippen LogP contribution >= 0.6 is 0 Å². The molecule has 3 aliphatic heterocycles. The van der Waals surface area contributed by atoms with E-state index in [-0.39, 0.29) is 6.29 Å². The highest BCUT2D eigenvalue weighted by Crippen LogP contribution is 2.39. The normalized spacial score (nSPS) is 35.8. The molecule has 8 nitrogen and oxygen atoms in total. The molecule has 3 aliphatic rings. The molecular formula is C20H36O8. The summed E-state index contributed by atoms with van der Waals surface area (Å²) < 4.78 is 34.6. The van der Waals surface area contributed by atoms with Crippen LogP contribution in [-0.4, -0.2) is 79.4 Å². The molecule has 0 radical (unpaired) electrons. The lowest BCUT2D eigenvalue weighted by Gasteiger charge is -2.28. The summed E-state index contributed by atoms with van der Waals surface area (Å²) in [6, 6.07) is 0. The number of fused-ring (bicyclic) bond motifs is 1. The van der Waals surface area contributed by atoms with Crippen LogP contribution in [0.25, 0.3) is 0 Å². The Kier molecular flexibility index (Phi) is 8.49.